The van der Waals surface area contributed by atoms with E-state index < -0.39 is 16.3 Å². The number of rotatable bonds is 2. The second-order valence-electron chi connectivity index (χ2n) is 6.46. The van der Waals surface area contributed by atoms with Crippen molar-refractivity contribution in [2.24, 2.45) is 17.1 Å². The van der Waals surface area contributed by atoms with Crippen molar-refractivity contribution in [3.8, 4) is 18.2 Å². The minimum Gasteiger partial charge on any atom is -0.398 e. The van der Waals surface area contributed by atoms with Gasteiger partial charge in [-0.3, -0.25) is 10.1 Å². The molecule has 26 heavy (non-hydrogen) atoms. The second-order valence-corrected chi connectivity index (χ2v) is 6.46. The lowest BCUT2D eigenvalue weighted by Crippen LogP contribution is -2.41. The summed E-state index contributed by atoms with van der Waals surface area (Å²) in [6.45, 7) is 0. The van der Waals surface area contributed by atoms with Gasteiger partial charge in [0.2, 0.25) is 0 Å². The molecule has 7 nitrogen and oxygen atoms in total. The van der Waals surface area contributed by atoms with E-state index >= 15 is 0 Å². The van der Waals surface area contributed by atoms with E-state index in [9.17, 15) is 25.9 Å². The molecule has 3 rings (SSSR count). The number of fused-ring (bicyclic) bond motifs is 1. The molecule has 0 saturated heterocycles. The third-order valence-electron chi connectivity index (χ3n) is 5.23. The summed E-state index contributed by atoms with van der Waals surface area (Å²) >= 11 is 0. The highest BCUT2D eigenvalue weighted by atomic mass is 16.6. The standard InChI is InChI=1S/C19H15N5O2/c20-9-16-18(23)15-7-2-1-6-14(15)17(19(16,10-21)11-22)12-4-3-5-13(8-12)24(25)26/h3-5,7-8,14,17H,1-2,6,23H2/t14-,17-/m1/s1. The number of hydrogen-bond acceptors (Lipinski definition) is 6. The van der Waals surface area contributed by atoms with Gasteiger partial charge in [0, 0.05) is 18.1 Å². The number of allylic oxidation sites excluding steroid dienone is 3. The van der Waals surface area contributed by atoms with Crippen LogP contribution in [0.3, 0.4) is 0 Å². The van der Waals surface area contributed by atoms with Gasteiger partial charge in [-0.2, -0.15) is 15.8 Å². The summed E-state index contributed by atoms with van der Waals surface area (Å²) in [5.74, 6) is -0.923. The van der Waals surface area contributed by atoms with E-state index in [4.69, 9.17) is 5.73 Å². The van der Waals surface area contributed by atoms with Crippen LogP contribution >= 0.6 is 0 Å². The smallest absolute Gasteiger partial charge is 0.269 e. The lowest BCUT2D eigenvalue weighted by atomic mass is 9.56. The maximum atomic E-state index is 11.2. The van der Waals surface area contributed by atoms with E-state index in [0.29, 0.717) is 12.0 Å². The molecule has 0 saturated carbocycles. The SMILES string of the molecule is N#CC1=C(N)C2=CCCC[C@H]2[C@@H](c2cccc([N+](=O)[O-])c2)C1(C#N)C#N. The molecule has 1 aromatic carbocycles. The number of non-ortho nitro benzene ring substituents is 1. The summed E-state index contributed by atoms with van der Waals surface area (Å²) in [6, 6.07) is 11.9. The van der Waals surface area contributed by atoms with Crippen LogP contribution in [0, 0.1) is 55.4 Å². The van der Waals surface area contributed by atoms with Gasteiger partial charge < -0.3 is 5.73 Å². The largest absolute Gasteiger partial charge is 0.398 e. The Hall–Kier alpha value is -3.63. The lowest BCUT2D eigenvalue weighted by Gasteiger charge is -2.43. The third kappa shape index (κ3) is 2.32. The molecule has 0 aromatic heterocycles. The van der Waals surface area contributed by atoms with Crippen LogP contribution in [0.25, 0.3) is 0 Å². The molecule has 0 amide bonds. The fraction of sp³-hybridized carbons (Fsp3) is 0.316. The van der Waals surface area contributed by atoms with E-state index in [1.807, 2.05) is 24.3 Å². The zero-order valence-corrected chi connectivity index (χ0v) is 13.8. The van der Waals surface area contributed by atoms with Crippen molar-refractivity contribution in [1.29, 1.82) is 15.8 Å². The van der Waals surface area contributed by atoms with Gasteiger partial charge >= 0.3 is 0 Å². The van der Waals surface area contributed by atoms with Crippen molar-refractivity contribution in [2.75, 3.05) is 0 Å². The highest BCUT2D eigenvalue weighted by Crippen LogP contribution is 2.56. The Morgan fingerprint density at radius 2 is 2.00 bits per heavy atom. The summed E-state index contributed by atoms with van der Waals surface area (Å²) in [4.78, 5) is 10.7. The lowest BCUT2D eigenvalue weighted by molar-refractivity contribution is -0.384. The monoisotopic (exact) mass is 345 g/mol. The Balaban J connectivity index is 2.33. The molecule has 0 spiro atoms. The van der Waals surface area contributed by atoms with Gasteiger partial charge in [0.25, 0.3) is 5.69 Å². The normalized spacial score (nSPS) is 23.7. The van der Waals surface area contributed by atoms with Crippen molar-refractivity contribution in [3.05, 3.63) is 62.9 Å². The molecule has 0 aliphatic heterocycles. The average molecular weight is 345 g/mol. The quantitative estimate of drug-likeness (QED) is 0.644. The number of nitro benzene ring substituents is 1. The topological polar surface area (TPSA) is 141 Å². The minimum absolute atomic E-state index is 0.0663. The van der Waals surface area contributed by atoms with Crippen LogP contribution in [-0.2, 0) is 0 Å². The fourth-order valence-corrected chi connectivity index (χ4v) is 4.11. The molecule has 0 heterocycles. The van der Waals surface area contributed by atoms with Crippen LogP contribution in [0.15, 0.2) is 47.2 Å². The van der Waals surface area contributed by atoms with Gasteiger partial charge in [-0.15, -0.1) is 0 Å². The highest BCUT2D eigenvalue weighted by Gasteiger charge is 2.54. The number of benzene rings is 1. The summed E-state index contributed by atoms with van der Waals surface area (Å²) in [7, 11) is 0. The first-order valence-electron chi connectivity index (χ1n) is 8.17. The average Bonchev–Trinajstić information content (AvgIpc) is 2.67. The Morgan fingerprint density at radius 3 is 2.62 bits per heavy atom. The van der Waals surface area contributed by atoms with Crippen LogP contribution < -0.4 is 5.73 Å². The molecule has 7 heteroatoms. The molecule has 0 radical (unpaired) electrons. The van der Waals surface area contributed by atoms with Crippen LogP contribution in [0.5, 0.6) is 0 Å². The fourth-order valence-electron chi connectivity index (χ4n) is 4.11. The minimum atomic E-state index is -1.77. The van der Waals surface area contributed by atoms with Crippen molar-refractivity contribution >= 4 is 5.69 Å². The zero-order valence-electron chi connectivity index (χ0n) is 13.8. The number of nitro groups is 1. The zero-order chi connectivity index (χ0) is 18.9. The number of nitriles is 3. The second kappa shape index (κ2) is 6.35. The van der Waals surface area contributed by atoms with Crippen LogP contribution in [0.1, 0.15) is 30.7 Å². The maximum Gasteiger partial charge on any atom is 0.269 e. The van der Waals surface area contributed by atoms with Crippen LogP contribution in [0.2, 0.25) is 0 Å². The third-order valence-corrected chi connectivity index (χ3v) is 5.23. The van der Waals surface area contributed by atoms with Crippen LogP contribution in [-0.4, -0.2) is 4.92 Å². The molecule has 2 aliphatic carbocycles. The molecule has 0 fully saturated rings. The molecule has 0 unspecified atom stereocenters. The first-order valence-corrected chi connectivity index (χ1v) is 8.17. The Morgan fingerprint density at radius 1 is 1.27 bits per heavy atom. The van der Waals surface area contributed by atoms with Gasteiger partial charge in [-0.05, 0) is 36.3 Å². The Kier molecular flexibility index (Phi) is 4.20. The van der Waals surface area contributed by atoms with Crippen molar-refractivity contribution in [1.82, 2.24) is 0 Å². The van der Waals surface area contributed by atoms with Crippen molar-refractivity contribution in [2.45, 2.75) is 25.2 Å². The highest BCUT2D eigenvalue weighted by molar-refractivity contribution is 5.59. The number of hydrogen-bond donors (Lipinski definition) is 1. The summed E-state index contributed by atoms with van der Waals surface area (Å²) in [5.41, 5.74) is 5.68. The molecule has 2 N–H and O–H groups in total. The van der Waals surface area contributed by atoms with Gasteiger partial charge in [0.15, 0.2) is 5.41 Å². The van der Waals surface area contributed by atoms with Crippen molar-refractivity contribution < 1.29 is 4.92 Å². The number of nitrogens with two attached hydrogens (primary N) is 1. The van der Waals surface area contributed by atoms with Gasteiger partial charge in [-0.1, -0.05) is 18.2 Å². The summed E-state index contributed by atoms with van der Waals surface area (Å²) in [6.07, 6.45) is 4.31. The summed E-state index contributed by atoms with van der Waals surface area (Å²) < 4.78 is 0. The molecule has 0 bridgehead atoms. The summed E-state index contributed by atoms with van der Waals surface area (Å²) in [5, 5.41) is 40.6. The molecule has 128 valence electrons. The van der Waals surface area contributed by atoms with E-state index in [1.165, 1.54) is 18.2 Å². The first-order chi connectivity index (χ1) is 12.5. The maximum absolute atomic E-state index is 11.2. The van der Waals surface area contributed by atoms with Gasteiger partial charge in [-0.25, -0.2) is 0 Å². The van der Waals surface area contributed by atoms with Crippen LogP contribution in [0.4, 0.5) is 5.69 Å². The first kappa shape index (κ1) is 17.2. The Labute approximate surface area is 150 Å². The van der Waals surface area contributed by atoms with Crippen molar-refractivity contribution in [3.63, 3.8) is 0 Å². The van der Waals surface area contributed by atoms with E-state index in [-0.39, 0.29) is 22.9 Å². The predicted octanol–water partition coefficient (Wildman–Crippen LogP) is 3.19. The van der Waals surface area contributed by atoms with Gasteiger partial charge in [0.05, 0.1) is 34.4 Å². The molecular formula is C19H15N5O2. The van der Waals surface area contributed by atoms with E-state index in [0.717, 1.165) is 18.4 Å². The molecule has 2 aliphatic rings. The Bertz CT molecular complexity index is 957. The number of nitrogens with zero attached hydrogens (tertiary/aromatic N) is 4. The molecule has 2 atom stereocenters. The van der Waals surface area contributed by atoms with E-state index in [1.54, 1.807) is 6.07 Å². The molecule has 1 aromatic rings. The van der Waals surface area contributed by atoms with Gasteiger partial charge in [0.1, 0.15) is 0 Å². The molecular weight excluding hydrogens is 330 g/mol. The van der Waals surface area contributed by atoms with E-state index in [2.05, 4.69) is 0 Å². The predicted molar refractivity (Wildman–Crippen MR) is 91.7 cm³/mol.